The van der Waals surface area contributed by atoms with Crippen molar-refractivity contribution in [2.24, 2.45) is 5.92 Å². The Hall–Kier alpha value is -2.06. The predicted octanol–water partition coefficient (Wildman–Crippen LogP) is 3.55. The predicted molar refractivity (Wildman–Crippen MR) is 103 cm³/mol. The van der Waals surface area contributed by atoms with E-state index in [4.69, 9.17) is 0 Å². The molecule has 3 rings (SSSR count). The zero-order chi connectivity index (χ0) is 19.6. The lowest BCUT2D eigenvalue weighted by Gasteiger charge is -2.16. The van der Waals surface area contributed by atoms with Gasteiger partial charge in [0.25, 0.3) is 0 Å². The fourth-order valence-corrected chi connectivity index (χ4v) is 2.97. The number of hydrogen-bond donors (Lipinski definition) is 2. The van der Waals surface area contributed by atoms with Gasteiger partial charge < -0.3 is 10.6 Å². The summed E-state index contributed by atoms with van der Waals surface area (Å²) in [4.78, 5) is 11.8. The maximum absolute atomic E-state index is 13.5. The molecule has 2 aromatic rings. The number of aromatic nitrogens is 2. The number of carbonyl (C=O) groups excluding carboxylic acids is 1. The average Bonchev–Trinajstić information content (AvgIpc) is 3.35. The highest BCUT2D eigenvalue weighted by Gasteiger charge is 2.34. The van der Waals surface area contributed by atoms with Gasteiger partial charge in [-0.1, -0.05) is 6.07 Å². The van der Waals surface area contributed by atoms with Gasteiger partial charge in [-0.25, -0.2) is 4.68 Å². The van der Waals surface area contributed by atoms with E-state index >= 15 is 0 Å². The molecule has 1 aliphatic rings. The van der Waals surface area contributed by atoms with E-state index in [-0.39, 0.29) is 37.0 Å². The van der Waals surface area contributed by atoms with E-state index in [2.05, 4.69) is 15.7 Å². The van der Waals surface area contributed by atoms with Gasteiger partial charge in [0, 0.05) is 12.2 Å². The average molecular weight is 417 g/mol. The Morgan fingerprint density at radius 1 is 1.25 bits per heavy atom. The van der Waals surface area contributed by atoms with Crippen LogP contribution in [0, 0.1) is 19.8 Å². The summed E-state index contributed by atoms with van der Waals surface area (Å²) in [6, 6.07) is 5.86. The molecule has 28 heavy (non-hydrogen) atoms. The molecule has 1 amide bonds. The third kappa shape index (κ3) is 5.72. The largest absolute Gasteiger partial charge is 0.416 e. The molecular formula is C19H24ClF3N4O. The summed E-state index contributed by atoms with van der Waals surface area (Å²) in [7, 11) is 0. The minimum absolute atomic E-state index is 0. The molecule has 9 heteroatoms. The number of rotatable bonds is 7. The fourth-order valence-electron chi connectivity index (χ4n) is 2.97. The normalized spacial score (nSPS) is 13.9. The van der Waals surface area contributed by atoms with E-state index in [9.17, 15) is 18.0 Å². The van der Waals surface area contributed by atoms with Crippen LogP contribution in [0.2, 0.25) is 0 Å². The first-order valence-corrected chi connectivity index (χ1v) is 8.95. The first kappa shape index (κ1) is 22.2. The van der Waals surface area contributed by atoms with Crippen LogP contribution in [0.3, 0.4) is 0 Å². The molecule has 1 aliphatic carbocycles. The molecule has 0 spiro atoms. The van der Waals surface area contributed by atoms with Crippen molar-refractivity contribution in [1.82, 2.24) is 20.4 Å². The SMILES string of the molecule is Cc1cc(C)n(-c2ccc(CNC(=O)CNCC3CC3)c(C(F)(F)F)c2)n1.Cl. The van der Waals surface area contributed by atoms with E-state index < -0.39 is 11.7 Å². The van der Waals surface area contributed by atoms with E-state index in [1.165, 1.54) is 23.6 Å². The molecular weight excluding hydrogens is 393 g/mol. The van der Waals surface area contributed by atoms with Crippen molar-refractivity contribution >= 4 is 18.3 Å². The topological polar surface area (TPSA) is 59.0 Å². The molecule has 2 N–H and O–H groups in total. The number of hydrogen-bond acceptors (Lipinski definition) is 3. The van der Waals surface area contributed by atoms with Gasteiger partial charge in [0.15, 0.2) is 0 Å². The Labute approximate surface area is 168 Å². The van der Waals surface area contributed by atoms with Gasteiger partial charge in [-0.2, -0.15) is 18.3 Å². The molecule has 0 aliphatic heterocycles. The number of carbonyl (C=O) groups is 1. The van der Waals surface area contributed by atoms with Gasteiger partial charge in [0.2, 0.25) is 5.91 Å². The van der Waals surface area contributed by atoms with Gasteiger partial charge in [-0.15, -0.1) is 12.4 Å². The number of alkyl halides is 3. The minimum Gasteiger partial charge on any atom is -0.351 e. The van der Waals surface area contributed by atoms with Crippen molar-refractivity contribution in [2.75, 3.05) is 13.1 Å². The molecule has 1 fully saturated rings. The first-order valence-electron chi connectivity index (χ1n) is 8.95. The van der Waals surface area contributed by atoms with Crippen molar-refractivity contribution in [1.29, 1.82) is 0 Å². The quantitative estimate of drug-likeness (QED) is 0.725. The van der Waals surface area contributed by atoms with Crippen LogP contribution in [0.4, 0.5) is 13.2 Å². The monoisotopic (exact) mass is 416 g/mol. The third-order valence-electron chi connectivity index (χ3n) is 4.54. The number of halogens is 4. The zero-order valence-corrected chi connectivity index (χ0v) is 16.6. The Morgan fingerprint density at radius 2 is 1.96 bits per heavy atom. The van der Waals surface area contributed by atoms with Gasteiger partial charge in [-0.05, 0) is 62.9 Å². The van der Waals surface area contributed by atoms with E-state index in [1.54, 1.807) is 26.0 Å². The molecule has 0 bridgehead atoms. The third-order valence-corrected chi connectivity index (χ3v) is 4.54. The van der Waals surface area contributed by atoms with Gasteiger partial charge >= 0.3 is 6.18 Å². The Morgan fingerprint density at radius 3 is 2.54 bits per heavy atom. The van der Waals surface area contributed by atoms with Crippen LogP contribution in [0.5, 0.6) is 0 Å². The molecule has 1 heterocycles. The van der Waals surface area contributed by atoms with Gasteiger partial charge in [0.05, 0.1) is 23.5 Å². The fraction of sp³-hybridized carbons (Fsp3) is 0.474. The van der Waals surface area contributed by atoms with Crippen LogP contribution in [-0.4, -0.2) is 28.8 Å². The maximum atomic E-state index is 13.5. The number of nitrogens with zero attached hydrogens (tertiary/aromatic N) is 2. The van der Waals surface area contributed by atoms with Crippen molar-refractivity contribution < 1.29 is 18.0 Å². The van der Waals surface area contributed by atoms with Gasteiger partial charge in [0.1, 0.15) is 0 Å². The van der Waals surface area contributed by atoms with Crippen LogP contribution in [0.1, 0.15) is 35.4 Å². The summed E-state index contributed by atoms with van der Waals surface area (Å²) < 4.78 is 42.0. The summed E-state index contributed by atoms with van der Waals surface area (Å²) in [6.45, 7) is 4.29. The minimum atomic E-state index is -4.52. The van der Waals surface area contributed by atoms with Crippen molar-refractivity contribution in [3.63, 3.8) is 0 Å². The Kier molecular flexibility index (Phi) is 7.11. The lowest BCUT2D eigenvalue weighted by molar-refractivity contribution is -0.138. The van der Waals surface area contributed by atoms with Crippen molar-refractivity contribution in [2.45, 2.75) is 39.4 Å². The second-order valence-corrected chi connectivity index (χ2v) is 7.03. The summed E-state index contributed by atoms with van der Waals surface area (Å²) in [6.07, 6.45) is -2.17. The highest BCUT2D eigenvalue weighted by atomic mass is 35.5. The van der Waals surface area contributed by atoms with Crippen LogP contribution >= 0.6 is 12.4 Å². The summed E-state index contributed by atoms with van der Waals surface area (Å²) in [5, 5.41) is 9.81. The molecule has 1 aromatic heterocycles. The first-order chi connectivity index (χ1) is 12.7. The molecule has 1 saturated carbocycles. The molecule has 5 nitrogen and oxygen atoms in total. The van der Waals surface area contributed by atoms with Crippen LogP contribution < -0.4 is 10.6 Å². The maximum Gasteiger partial charge on any atom is 0.416 e. The Bertz CT molecular complexity index is 831. The van der Waals surface area contributed by atoms with E-state index in [0.29, 0.717) is 11.6 Å². The summed E-state index contributed by atoms with van der Waals surface area (Å²) in [5.41, 5.74) is 1.09. The molecule has 0 unspecified atom stereocenters. The number of nitrogens with one attached hydrogen (secondary N) is 2. The standard InChI is InChI=1S/C19H23F3N4O.ClH/c1-12-7-13(2)26(25-12)16-6-5-15(17(8-16)19(20,21)22)10-24-18(27)11-23-9-14-3-4-14;/h5-8,14,23H,3-4,9-11H2,1-2H3,(H,24,27);1H. The summed E-state index contributed by atoms with van der Waals surface area (Å²) >= 11 is 0. The van der Waals surface area contributed by atoms with Crippen molar-refractivity contribution in [3.05, 3.63) is 46.8 Å². The highest BCUT2D eigenvalue weighted by molar-refractivity contribution is 5.85. The zero-order valence-electron chi connectivity index (χ0n) is 15.8. The number of aryl methyl sites for hydroxylation is 2. The molecule has 0 atom stereocenters. The highest BCUT2D eigenvalue weighted by Crippen LogP contribution is 2.33. The lowest BCUT2D eigenvalue weighted by atomic mass is 10.1. The van der Waals surface area contributed by atoms with E-state index in [1.807, 2.05) is 0 Å². The van der Waals surface area contributed by atoms with Gasteiger partial charge in [-0.3, -0.25) is 4.79 Å². The second-order valence-electron chi connectivity index (χ2n) is 7.03. The van der Waals surface area contributed by atoms with Crippen LogP contribution in [-0.2, 0) is 17.5 Å². The number of amides is 1. The molecule has 0 radical (unpaired) electrons. The lowest BCUT2D eigenvalue weighted by Crippen LogP contribution is -2.34. The summed E-state index contributed by atoms with van der Waals surface area (Å²) in [5.74, 6) is 0.322. The smallest absolute Gasteiger partial charge is 0.351 e. The molecule has 1 aromatic carbocycles. The number of benzene rings is 1. The Balaban J connectivity index is 0.00000280. The van der Waals surface area contributed by atoms with Crippen LogP contribution in [0.25, 0.3) is 5.69 Å². The van der Waals surface area contributed by atoms with E-state index in [0.717, 1.165) is 24.0 Å². The van der Waals surface area contributed by atoms with Crippen molar-refractivity contribution in [3.8, 4) is 5.69 Å². The second kappa shape index (κ2) is 8.96. The molecule has 154 valence electrons. The molecule has 0 saturated heterocycles. The van der Waals surface area contributed by atoms with Crippen LogP contribution in [0.15, 0.2) is 24.3 Å².